The van der Waals surface area contributed by atoms with Crippen molar-refractivity contribution in [2.24, 2.45) is 0 Å². The second-order valence-corrected chi connectivity index (χ2v) is 5.50. The van der Waals surface area contributed by atoms with E-state index in [9.17, 15) is 9.59 Å². The molecule has 106 valence electrons. The van der Waals surface area contributed by atoms with Crippen LogP contribution in [0.25, 0.3) is 0 Å². The van der Waals surface area contributed by atoms with Crippen molar-refractivity contribution < 1.29 is 19.4 Å². The molecule has 0 aromatic heterocycles. The van der Waals surface area contributed by atoms with E-state index in [1.165, 1.54) is 7.11 Å². The first kappa shape index (κ1) is 17.2. The zero-order chi connectivity index (χ0) is 14.0. The van der Waals surface area contributed by atoms with Crippen LogP contribution in [-0.4, -0.2) is 47.7 Å². The summed E-state index contributed by atoms with van der Waals surface area (Å²) in [5.41, 5.74) is 0. The van der Waals surface area contributed by atoms with E-state index < -0.39 is 12.0 Å². The first-order valence-corrected chi connectivity index (χ1v) is 7.21. The molecule has 6 heteroatoms. The van der Waals surface area contributed by atoms with Gasteiger partial charge >= 0.3 is 5.97 Å². The van der Waals surface area contributed by atoms with Gasteiger partial charge in [0, 0.05) is 20.1 Å². The molecule has 0 aromatic carbocycles. The van der Waals surface area contributed by atoms with E-state index in [4.69, 9.17) is 9.84 Å². The average molecular weight is 277 g/mol. The van der Waals surface area contributed by atoms with E-state index in [1.54, 1.807) is 18.7 Å². The summed E-state index contributed by atoms with van der Waals surface area (Å²) in [6, 6.07) is -0.869. The Hall–Kier alpha value is -0.750. The summed E-state index contributed by atoms with van der Waals surface area (Å²) in [5, 5.41) is 11.3. The van der Waals surface area contributed by atoms with Gasteiger partial charge < -0.3 is 15.2 Å². The molecule has 0 aliphatic heterocycles. The number of ether oxygens (including phenoxy) is 1. The molecule has 0 saturated carbocycles. The van der Waals surface area contributed by atoms with Gasteiger partial charge in [0.2, 0.25) is 5.91 Å². The zero-order valence-corrected chi connectivity index (χ0v) is 12.1. The molecule has 0 aromatic rings. The van der Waals surface area contributed by atoms with Gasteiger partial charge in [-0.2, -0.15) is 0 Å². The maximum atomic E-state index is 11.8. The van der Waals surface area contributed by atoms with Crippen molar-refractivity contribution in [3.05, 3.63) is 0 Å². The van der Waals surface area contributed by atoms with Gasteiger partial charge in [0.15, 0.2) is 0 Å². The van der Waals surface area contributed by atoms with Crippen LogP contribution >= 0.6 is 11.8 Å². The zero-order valence-electron chi connectivity index (χ0n) is 11.3. The maximum Gasteiger partial charge on any atom is 0.326 e. The number of hydrogen-bond acceptors (Lipinski definition) is 4. The van der Waals surface area contributed by atoms with Crippen LogP contribution in [0, 0.1) is 0 Å². The topological polar surface area (TPSA) is 75.6 Å². The Morgan fingerprint density at radius 2 is 2.11 bits per heavy atom. The first-order valence-electron chi connectivity index (χ1n) is 6.16. The fourth-order valence-corrected chi connectivity index (χ4v) is 2.29. The smallest absolute Gasteiger partial charge is 0.326 e. The highest BCUT2D eigenvalue weighted by atomic mass is 32.2. The number of carboxylic acids is 1. The Morgan fingerprint density at radius 1 is 1.44 bits per heavy atom. The summed E-state index contributed by atoms with van der Waals surface area (Å²) in [4.78, 5) is 22.7. The van der Waals surface area contributed by atoms with Crippen molar-refractivity contribution in [1.29, 1.82) is 0 Å². The second kappa shape index (κ2) is 10.2. The molecule has 2 atom stereocenters. The minimum atomic E-state index is -1.02. The molecule has 5 nitrogen and oxygen atoms in total. The number of carbonyl (C=O) groups excluding carboxylic acids is 1. The summed E-state index contributed by atoms with van der Waals surface area (Å²) >= 11 is 1.55. The molecule has 0 aliphatic rings. The summed E-state index contributed by atoms with van der Waals surface area (Å²) in [5.74, 6) is -0.327. The Balaban J connectivity index is 4.10. The lowest BCUT2D eigenvalue weighted by Gasteiger charge is -2.17. The quantitative estimate of drug-likeness (QED) is 0.592. The van der Waals surface area contributed by atoms with Gasteiger partial charge in [0.1, 0.15) is 6.04 Å². The van der Waals surface area contributed by atoms with Gasteiger partial charge in [0.25, 0.3) is 0 Å². The number of methoxy groups -OCH3 is 1. The van der Waals surface area contributed by atoms with Crippen LogP contribution in [-0.2, 0) is 14.3 Å². The van der Waals surface area contributed by atoms with Crippen LogP contribution in [0.5, 0.6) is 0 Å². The molecule has 0 rings (SSSR count). The Labute approximate surface area is 113 Å². The van der Waals surface area contributed by atoms with Gasteiger partial charge in [-0.3, -0.25) is 4.79 Å². The molecule has 0 saturated heterocycles. The lowest BCUT2D eigenvalue weighted by Crippen LogP contribution is -2.44. The number of carbonyl (C=O) groups is 2. The van der Waals surface area contributed by atoms with E-state index in [-0.39, 0.29) is 17.6 Å². The highest BCUT2D eigenvalue weighted by Crippen LogP contribution is 2.13. The van der Waals surface area contributed by atoms with E-state index in [0.717, 1.165) is 18.6 Å². The number of amides is 1. The molecule has 1 amide bonds. The van der Waals surface area contributed by atoms with Gasteiger partial charge in [-0.05, 0) is 19.1 Å². The molecule has 0 radical (unpaired) electrons. The molecule has 0 bridgehead atoms. The van der Waals surface area contributed by atoms with E-state index in [0.29, 0.717) is 6.61 Å². The molecule has 0 aliphatic carbocycles. The van der Waals surface area contributed by atoms with Crippen LogP contribution < -0.4 is 5.32 Å². The molecule has 18 heavy (non-hydrogen) atoms. The molecule has 0 heterocycles. The Morgan fingerprint density at radius 3 is 2.61 bits per heavy atom. The highest BCUT2D eigenvalue weighted by Gasteiger charge is 2.22. The van der Waals surface area contributed by atoms with Crippen molar-refractivity contribution in [2.45, 2.75) is 44.4 Å². The molecular weight excluding hydrogens is 254 g/mol. The fraction of sp³-hybridized carbons (Fsp3) is 0.833. The fourth-order valence-electron chi connectivity index (χ4n) is 1.26. The van der Waals surface area contributed by atoms with Crippen molar-refractivity contribution in [3.63, 3.8) is 0 Å². The summed E-state index contributed by atoms with van der Waals surface area (Å²) < 4.78 is 4.82. The van der Waals surface area contributed by atoms with Gasteiger partial charge in [-0.25, -0.2) is 4.79 Å². The third-order valence-electron chi connectivity index (χ3n) is 2.46. The van der Waals surface area contributed by atoms with Crippen LogP contribution in [0.2, 0.25) is 0 Å². The third-order valence-corrected chi connectivity index (χ3v) is 3.70. The minimum Gasteiger partial charge on any atom is -0.480 e. The highest BCUT2D eigenvalue weighted by molar-refractivity contribution is 8.00. The van der Waals surface area contributed by atoms with Crippen LogP contribution in [0.4, 0.5) is 0 Å². The molecule has 2 N–H and O–H groups in total. The van der Waals surface area contributed by atoms with E-state index >= 15 is 0 Å². The summed E-state index contributed by atoms with van der Waals surface area (Å²) in [6.45, 7) is 4.20. The predicted octanol–water partition coefficient (Wildman–Crippen LogP) is 1.51. The first-order chi connectivity index (χ1) is 8.52. The van der Waals surface area contributed by atoms with E-state index in [1.807, 2.05) is 0 Å². The lowest BCUT2D eigenvalue weighted by molar-refractivity contribution is -0.142. The summed E-state index contributed by atoms with van der Waals surface area (Å²) in [7, 11) is 1.50. The van der Waals surface area contributed by atoms with Gasteiger partial charge in [-0.1, -0.05) is 13.3 Å². The number of rotatable bonds is 10. The van der Waals surface area contributed by atoms with Crippen molar-refractivity contribution >= 4 is 23.6 Å². The number of carboxylic acid groups (broad SMARTS) is 1. The number of nitrogens with one attached hydrogen (secondary N) is 1. The largest absolute Gasteiger partial charge is 0.480 e. The van der Waals surface area contributed by atoms with Crippen molar-refractivity contribution in [2.75, 3.05) is 19.5 Å². The number of aliphatic carboxylic acids is 1. The normalized spacial score (nSPS) is 13.9. The van der Waals surface area contributed by atoms with Gasteiger partial charge in [-0.15, -0.1) is 11.8 Å². The van der Waals surface area contributed by atoms with Crippen molar-refractivity contribution in [3.8, 4) is 0 Å². The Kier molecular flexibility index (Phi) is 9.77. The average Bonchev–Trinajstić information content (AvgIpc) is 2.33. The second-order valence-electron chi connectivity index (χ2n) is 4.05. The van der Waals surface area contributed by atoms with E-state index in [2.05, 4.69) is 12.2 Å². The SMILES string of the molecule is CCCCSC(C)C(=O)NC(CCOC)C(=O)O. The van der Waals surface area contributed by atoms with Crippen molar-refractivity contribution in [1.82, 2.24) is 5.32 Å². The lowest BCUT2D eigenvalue weighted by atomic mass is 10.2. The standard InChI is InChI=1S/C12H23NO4S/c1-4-5-8-18-9(2)11(14)13-10(12(15)16)6-7-17-3/h9-10H,4-8H2,1-3H3,(H,13,14)(H,15,16). The molecule has 0 spiro atoms. The van der Waals surface area contributed by atoms with Gasteiger partial charge in [0.05, 0.1) is 5.25 Å². The number of hydrogen-bond donors (Lipinski definition) is 2. The van der Waals surface area contributed by atoms with Crippen LogP contribution in [0.3, 0.4) is 0 Å². The summed E-state index contributed by atoms with van der Waals surface area (Å²) in [6.07, 6.45) is 2.44. The van der Waals surface area contributed by atoms with Crippen LogP contribution in [0.15, 0.2) is 0 Å². The Bertz CT molecular complexity index is 260. The maximum absolute atomic E-state index is 11.8. The molecule has 0 fully saturated rings. The third kappa shape index (κ3) is 7.55. The monoisotopic (exact) mass is 277 g/mol. The predicted molar refractivity (Wildman–Crippen MR) is 72.9 cm³/mol. The minimum absolute atomic E-state index is 0.221. The number of unbranched alkanes of at least 4 members (excludes halogenated alkanes) is 1. The molecular formula is C12H23NO4S. The molecule has 2 unspecified atom stereocenters. The van der Waals surface area contributed by atoms with Crippen LogP contribution in [0.1, 0.15) is 33.1 Å². The number of thioether (sulfide) groups is 1.